The molecular weight excluding hydrogens is 343 g/mol. The van der Waals surface area contributed by atoms with Crippen LogP contribution in [0.25, 0.3) is 0 Å². The smallest absolute Gasteiger partial charge is 0.216 e. The molecule has 1 N–H and O–H groups in total. The summed E-state index contributed by atoms with van der Waals surface area (Å²) in [6.07, 6.45) is 2.28. The summed E-state index contributed by atoms with van der Waals surface area (Å²) in [5.41, 5.74) is 1.33. The quantitative estimate of drug-likeness (QED) is 0.850. The van der Waals surface area contributed by atoms with Crippen LogP contribution in [0.1, 0.15) is 29.9 Å². The van der Waals surface area contributed by atoms with E-state index in [2.05, 4.69) is 19.6 Å². The number of rotatable bonds is 6. The summed E-state index contributed by atoms with van der Waals surface area (Å²) < 4.78 is 39.9. The molecule has 0 amide bonds. The van der Waals surface area contributed by atoms with Crippen LogP contribution in [-0.2, 0) is 22.3 Å². The van der Waals surface area contributed by atoms with E-state index < -0.39 is 15.8 Å². The first-order chi connectivity index (χ1) is 11.9. The fourth-order valence-electron chi connectivity index (χ4n) is 2.83. The largest absolute Gasteiger partial charge is 0.357 e. The predicted octanol–water partition coefficient (Wildman–Crippen LogP) is 2.14. The van der Waals surface area contributed by atoms with Gasteiger partial charge in [-0.1, -0.05) is 12.1 Å². The number of anilines is 1. The zero-order chi connectivity index (χ0) is 17.9. The van der Waals surface area contributed by atoms with Crippen molar-refractivity contribution in [2.75, 3.05) is 18.0 Å². The van der Waals surface area contributed by atoms with Crippen LogP contribution in [0.4, 0.5) is 10.2 Å². The summed E-state index contributed by atoms with van der Waals surface area (Å²) in [6, 6.07) is 7.34. The Hall–Kier alpha value is -2.06. The van der Waals surface area contributed by atoms with Gasteiger partial charge >= 0.3 is 0 Å². The molecule has 0 bridgehead atoms. The van der Waals surface area contributed by atoms with Gasteiger partial charge < -0.3 is 4.90 Å². The lowest BCUT2D eigenvalue weighted by Gasteiger charge is -2.17. The van der Waals surface area contributed by atoms with E-state index in [9.17, 15) is 12.8 Å². The van der Waals surface area contributed by atoms with Crippen LogP contribution in [0, 0.1) is 12.7 Å². The number of aryl methyl sites for hydroxylation is 1. The van der Waals surface area contributed by atoms with Gasteiger partial charge in [-0.3, -0.25) is 0 Å². The second-order valence-corrected chi connectivity index (χ2v) is 7.99. The van der Waals surface area contributed by atoms with Crippen molar-refractivity contribution in [2.24, 2.45) is 0 Å². The highest BCUT2D eigenvalue weighted by Gasteiger charge is 2.16. The summed E-state index contributed by atoms with van der Waals surface area (Å²) in [5.74, 6) is 0.692. The van der Waals surface area contributed by atoms with Gasteiger partial charge in [0.2, 0.25) is 10.0 Å². The maximum absolute atomic E-state index is 12.9. The van der Waals surface area contributed by atoms with Crippen LogP contribution in [0.2, 0.25) is 0 Å². The number of hydrogen-bond donors (Lipinski definition) is 1. The van der Waals surface area contributed by atoms with Crippen molar-refractivity contribution in [2.45, 2.75) is 32.1 Å². The molecular formula is C17H21FN4O2S. The van der Waals surface area contributed by atoms with E-state index in [0.717, 1.165) is 37.4 Å². The standard InChI is InChI=1S/C17H21FN4O2S/c1-13-10-17(22-8-2-3-9-22)21-16(20-13)11-19-25(23,24)12-14-4-6-15(18)7-5-14/h4-7,10,19H,2-3,8-9,11-12H2,1H3. The van der Waals surface area contributed by atoms with Gasteiger partial charge in [0.25, 0.3) is 0 Å². The minimum absolute atomic E-state index is 0.0338. The maximum atomic E-state index is 12.9. The van der Waals surface area contributed by atoms with Crippen molar-refractivity contribution in [1.29, 1.82) is 0 Å². The zero-order valence-corrected chi connectivity index (χ0v) is 14.9. The molecule has 0 aliphatic carbocycles. The third-order valence-electron chi connectivity index (χ3n) is 4.04. The van der Waals surface area contributed by atoms with Crippen molar-refractivity contribution in [3.8, 4) is 0 Å². The fraction of sp³-hybridized carbons (Fsp3) is 0.412. The van der Waals surface area contributed by atoms with Gasteiger partial charge in [-0.15, -0.1) is 0 Å². The third kappa shape index (κ3) is 4.96. The first-order valence-corrected chi connectivity index (χ1v) is 9.88. The molecule has 0 radical (unpaired) electrons. The number of nitrogens with one attached hydrogen (secondary N) is 1. The maximum Gasteiger partial charge on any atom is 0.216 e. The Labute approximate surface area is 147 Å². The molecule has 6 nitrogen and oxygen atoms in total. The molecule has 2 heterocycles. The molecule has 1 fully saturated rings. The van der Waals surface area contributed by atoms with Crippen LogP contribution in [-0.4, -0.2) is 31.5 Å². The van der Waals surface area contributed by atoms with Crippen molar-refractivity contribution in [1.82, 2.24) is 14.7 Å². The monoisotopic (exact) mass is 364 g/mol. The van der Waals surface area contributed by atoms with E-state index >= 15 is 0 Å². The van der Waals surface area contributed by atoms with Gasteiger partial charge in [0.1, 0.15) is 17.5 Å². The number of sulfonamides is 1. The van der Waals surface area contributed by atoms with Gasteiger partial charge in [-0.2, -0.15) is 0 Å². The van der Waals surface area contributed by atoms with Gasteiger partial charge in [-0.25, -0.2) is 27.5 Å². The summed E-state index contributed by atoms with van der Waals surface area (Å²) >= 11 is 0. The summed E-state index contributed by atoms with van der Waals surface area (Å²) in [4.78, 5) is 11.0. The van der Waals surface area contributed by atoms with E-state index in [-0.39, 0.29) is 12.3 Å². The molecule has 0 saturated carbocycles. The lowest BCUT2D eigenvalue weighted by molar-refractivity contribution is 0.577. The molecule has 1 aromatic carbocycles. The van der Waals surface area contributed by atoms with E-state index in [0.29, 0.717) is 11.4 Å². The number of hydrogen-bond acceptors (Lipinski definition) is 5. The molecule has 2 aromatic rings. The average molecular weight is 364 g/mol. The normalized spacial score (nSPS) is 14.9. The summed E-state index contributed by atoms with van der Waals surface area (Å²) in [6.45, 7) is 3.84. The number of nitrogens with zero attached hydrogens (tertiary/aromatic N) is 3. The SMILES string of the molecule is Cc1cc(N2CCCC2)nc(CNS(=O)(=O)Cc2ccc(F)cc2)n1. The second kappa shape index (κ2) is 7.45. The van der Waals surface area contributed by atoms with E-state index in [1.807, 2.05) is 13.0 Å². The van der Waals surface area contributed by atoms with E-state index in [1.54, 1.807) is 0 Å². The number of benzene rings is 1. The molecule has 134 valence electrons. The molecule has 0 unspecified atom stereocenters. The van der Waals surface area contributed by atoms with E-state index in [1.165, 1.54) is 24.3 Å². The van der Waals surface area contributed by atoms with Crippen molar-refractivity contribution < 1.29 is 12.8 Å². The van der Waals surface area contributed by atoms with Crippen LogP contribution >= 0.6 is 0 Å². The lowest BCUT2D eigenvalue weighted by atomic mass is 10.2. The highest BCUT2D eigenvalue weighted by molar-refractivity contribution is 7.88. The Balaban J connectivity index is 1.66. The minimum atomic E-state index is -3.56. The van der Waals surface area contributed by atoms with Gasteiger partial charge in [0.05, 0.1) is 12.3 Å². The topological polar surface area (TPSA) is 75.2 Å². The molecule has 0 atom stereocenters. The third-order valence-corrected chi connectivity index (χ3v) is 5.33. The Morgan fingerprint density at radius 3 is 2.52 bits per heavy atom. The Morgan fingerprint density at radius 1 is 1.16 bits per heavy atom. The zero-order valence-electron chi connectivity index (χ0n) is 14.1. The van der Waals surface area contributed by atoms with Crippen LogP contribution in [0.3, 0.4) is 0 Å². The highest BCUT2D eigenvalue weighted by Crippen LogP contribution is 2.18. The van der Waals surface area contributed by atoms with Crippen LogP contribution in [0.15, 0.2) is 30.3 Å². The molecule has 1 aliphatic heterocycles. The first-order valence-electron chi connectivity index (χ1n) is 8.22. The van der Waals surface area contributed by atoms with Crippen molar-refractivity contribution in [3.63, 3.8) is 0 Å². The van der Waals surface area contributed by atoms with Gasteiger partial charge in [0.15, 0.2) is 0 Å². The Morgan fingerprint density at radius 2 is 1.84 bits per heavy atom. The highest BCUT2D eigenvalue weighted by atomic mass is 32.2. The fourth-order valence-corrected chi connectivity index (χ4v) is 3.91. The average Bonchev–Trinajstić information content (AvgIpc) is 3.09. The van der Waals surface area contributed by atoms with Crippen LogP contribution < -0.4 is 9.62 Å². The van der Waals surface area contributed by atoms with E-state index in [4.69, 9.17) is 0 Å². The predicted molar refractivity (Wildman–Crippen MR) is 94.1 cm³/mol. The van der Waals surface area contributed by atoms with Crippen molar-refractivity contribution in [3.05, 3.63) is 53.2 Å². The molecule has 8 heteroatoms. The first kappa shape index (κ1) is 17.8. The minimum Gasteiger partial charge on any atom is -0.357 e. The Bertz CT molecular complexity index is 834. The van der Waals surface area contributed by atoms with Gasteiger partial charge in [0, 0.05) is 24.8 Å². The molecule has 1 aromatic heterocycles. The summed E-state index contributed by atoms with van der Waals surface area (Å²) in [5, 5.41) is 0. The Kier molecular flexibility index (Phi) is 5.29. The molecule has 25 heavy (non-hydrogen) atoms. The lowest BCUT2D eigenvalue weighted by Crippen LogP contribution is -2.27. The summed E-state index contributed by atoms with van der Waals surface area (Å²) in [7, 11) is -3.56. The van der Waals surface area contributed by atoms with Crippen LogP contribution in [0.5, 0.6) is 0 Å². The van der Waals surface area contributed by atoms with Crippen molar-refractivity contribution >= 4 is 15.8 Å². The van der Waals surface area contributed by atoms with Gasteiger partial charge in [-0.05, 0) is 37.5 Å². The molecule has 3 rings (SSSR count). The second-order valence-electron chi connectivity index (χ2n) is 6.18. The molecule has 1 saturated heterocycles. The number of halogens is 1. The number of aromatic nitrogens is 2. The molecule has 1 aliphatic rings. The molecule has 0 spiro atoms.